The van der Waals surface area contributed by atoms with Gasteiger partial charge in [-0.05, 0) is 25.6 Å². The second-order valence-corrected chi connectivity index (χ2v) is 4.39. The van der Waals surface area contributed by atoms with E-state index in [1.807, 2.05) is 36.3 Å². The Bertz CT molecular complexity index is 490. The standard InChI is InChI=1S/C13H18N4/c1-11-5-4-6-14-12(11)9-16(2)10-13-15-7-8-17(13)3/h4-8H,9-10H2,1-3H3. The summed E-state index contributed by atoms with van der Waals surface area (Å²) in [5.74, 6) is 1.07. The Morgan fingerprint density at radius 2 is 2.06 bits per heavy atom. The zero-order chi connectivity index (χ0) is 12.3. The minimum Gasteiger partial charge on any atom is -0.337 e. The van der Waals surface area contributed by atoms with Crippen LogP contribution in [-0.4, -0.2) is 26.5 Å². The molecule has 0 fully saturated rings. The van der Waals surface area contributed by atoms with Gasteiger partial charge >= 0.3 is 0 Å². The molecule has 0 radical (unpaired) electrons. The van der Waals surface area contributed by atoms with Crippen molar-refractivity contribution in [1.29, 1.82) is 0 Å². The van der Waals surface area contributed by atoms with Gasteiger partial charge in [-0.2, -0.15) is 0 Å². The molecule has 0 N–H and O–H groups in total. The molecule has 0 spiro atoms. The monoisotopic (exact) mass is 230 g/mol. The highest BCUT2D eigenvalue weighted by Crippen LogP contribution is 2.08. The van der Waals surface area contributed by atoms with Crippen LogP contribution in [0.15, 0.2) is 30.7 Å². The van der Waals surface area contributed by atoms with Crippen molar-refractivity contribution in [2.75, 3.05) is 7.05 Å². The molecule has 0 unspecified atom stereocenters. The lowest BCUT2D eigenvalue weighted by Crippen LogP contribution is -2.20. The largest absolute Gasteiger partial charge is 0.337 e. The summed E-state index contributed by atoms with van der Waals surface area (Å²) >= 11 is 0. The Morgan fingerprint density at radius 1 is 1.24 bits per heavy atom. The van der Waals surface area contributed by atoms with Crippen molar-refractivity contribution < 1.29 is 0 Å². The van der Waals surface area contributed by atoms with E-state index in [0.29, 0.717) is 0 Å². The lowest BCUT2D eigenvalue weighted by atomic mass is 10.2. The van der Waals surface area contributed by atoms with E-state index in [4.69, 9.17) is 0 Å². The second-order valence-electron chi connectivity index (χ2n) is 4.39. The van der Waals surface area contributed by atoms with Crippen LogP contribution in [-0.2, 0) is 20.1 Å². The maximum atomic E-state index is 4.40. The fourth-order valence-electron chi connectivity index (χ4n) is 1.79. The third-order valence-electron chi connectivity index (χ3n) is 2.87. The van der Waals surface area contributed by atoms with Gasteiger partial charge in [0.1, 0.15) is 5.82 Å². The Kier molecular flexibility index (Phi) is 3.54. The topological polar surface area (TPSA) is 34.0 Å². The van der Waals surface area contributed by atoms with Crippen LogP contribution in [0, 0.1) is 6.92 Å². The van der Waals surface area contributed by atoms with Gasteiger partial charge in [0.2, 0.25) is 0 Å². The molecule has 0 amide bonds. The van der Waals surface area contributed by atoms with Crippen LogP contribution in [0.1, 0.15) is 17.1 Å². The first kappa shape index (κ1) is 11.8. The van der Waals surface area contributed by atoms with Crippen LogP contribution in [0.3, 0.4) is 0 Å². The van der Waals surface area contributed by atoms with Crippen molar-refractivity contribution in [2.24, 2.45) is 7.05 Å². The van der Waals surface area contributed by atoms with Gasteiger partial charge in [0.15, 0.2) is 0 Å². The van der Waals surface area contributed by atoms with Crippen LogP contribution < -0.4 is 0 Å². The first-order chi connectivity index (χ1) is 8.16. The Balaban J connectivity index is 2.01. The molecule has 2 heterocycles. The van der Waals surface area contributed by atoms with E-state index >= 15 is 0 Å². The number of hydrogen-bond donors (Lipinski definition) is 0. The summed E-state index contributed by atoms with van der Waals surface area (Å²) < 4.78 is 2.04. The molecule has 4 heteroatoms. The predicted octanol–water partition coefficient (Wildman–Crippen LogP) is 1.76. The molecular weight excluding hydrogens is 212 g/mol. The molecular formula is C13H18N4. The Labute approximate surface area is 102 Å². The van der Waals surface area contributed by atoms with Crippen LogP contribution in [0.2, 0.25) is 0 Å². The number of hydrogen-bond acceptors (Lipinski definition) is 3. The first-order valence-electron chi connectivity index (χ1n) is 5.72. The molecule has 0 saturated carbocycles. The molecule has 0 aliphatic carbocycles. The van der Waals surface area contributed by atoms with Crippen molar-refractivity contribution in [2.45, 2.75) is 20.0 Å². The molecule has 0 saturated heterocycles. The minimum atomic E-state index is 0.833. The zero-order valence-electron chi connectivity index (χ0n) is 10.6. The van der Waals surface area contributed by atoms with Crippen molar-refractivity contribution >= 4 is 0 Å². The summed E-state index contributed by atoms with van der Waals surface area (Å²) in [6.45, 7) is 3.77. The van der Waals surface area contributed by atoms with Gasteiger partial charge < -0.3 is 4.57 Å². The van der Waals surface area contributed by atoms with Crippen molar-refractivity contribution in [3.05, 3.63) is 47.8 Å². The van der Waals surface area contributed by atoms with Gasteiger partial charge in [0, 0.05) is 32.2 Å². The van der Waals surface area contributed by atoms with Gasteiger partial charge in [-0.3, -0.25) is 9.88 Å². The average molecular weight is 230 g/mol. The summed E-state index contributed by atoms with van der Waals surface area (Å²) in [6.07, 6.45) is 5.64. The highest BCUT2D eigenvalue weighted by molar-refractivity contribution is 5.17. The molecule has 90 valence electrons. The van der Waals surface area contributed by atoms with E-state index in [1.165, 1.54) is 5.56 Å². The number of aromatic nitrogens is 3. The lowest BCUT2D eigenvalue weighted by Gasteiger charge is -2.16. The smallest absolute Gasteiger partial charge is 0.122 e. The number of aryl methyl sites for hydroxylation is 2. The number of imidazole rings is 1. The maximum absolute atomic E-state index is 4.40. The van der Waals surface area contributed by atoms with E-state index in [9.17, 15) is 0 Å². The molecule has 0 bridgehead atoms. The fraction of sp³-hybridized carbons (Fsp3) is 0.385. The SMILES string of the molecule is Cc1cccnc1CN(C)Cc1nccn1C. The van der Waals surface area contributed by atoms with Crippen LogP contribution in [0.25, 0.3) is 0 Å². The first-order valence-corrected chi connectivity index (χ1v) is 5.72. The molecule has 0 atom stereocenters. The number of nitrogens with zero attached hydrogens (tertiary/aromatic N) is 4. The molecule has 2 aromatic rings. The molecule has 17 heavy (non-hydrogen) atoms. The van der Waals surface area contributed by atoms with E-state index in [1.54, 1.807) is 0 Å². The zero-order valence-corrected chi connectivity index (χ0v) is 10.6. The summed E-state index contributed by atoms with van der Waals surface area (Å²) in [4.78, 5) is 10.9. The van der Waals surface area contributed by atoms with Gasteiger partial charge in [0.25, 0.3) is 0 Å². The normalized spacial score (nSPS) is 11.1. The summed E-state index contributed by atoms with van der Waals surface area (Å²) in [5.41, 5.74) is 2.36. The number of pyridine rings is 1. The maximum Gasteiger partial charge on any atom is 0.122 e. The van der Waals surface area contributed by atoms with Crippen molar-refractivity contribution in [3.63, 3.8) is 0 Å². The lowest BCUT2D eigenvalue weighted by molar-refractivity contribution is 0.302. The van der Waals surface area contributed by atoms with E-state index in [2.05, 4.69) is 34.9 Å². The summed E-state index contributed by atoms with van der Waals surface area (Å²) in [7, 11) is 4.10. The quantitative estimate of drug-likeness (QED) is 0.802. The van der Waals surface area contributed by atoms with Gasteiger partial charge in [0.05, 0.1) is 12.2 Å². The molecule has 0 aromatic carbocycles. The van der Waals surface area contributed by atoms with Crippen molar-refractivity contribution in [1.82, 2.24) is 19.4 Å². The van der Waals surface area contributed by atoms with Crippen LogP contribution in [0.4, 0.5) is 0 Å². The predicted molar refractivity (Wildman–Crippen MR) is 67.4 cm³/mol. The van der Waals surface area contributed by atoms with Crippen LogP contribution >= 0.6 is 0 Å². The molecule has 4 nitrogen and oxygen atoms in total. The van der Waals surface area contributed by atoms with Crippen molar-refractivity contribution in [3.8, 4) is 0 Å². The summed E-state index contributed by atoms with van der Waals surface area (Å²) in [5, 5.41) is 0. The highest BCUT2D eigenvalue weighted by Gasteiger charge is 2.07. The highest BCUT2D eigenvalue weighted by atomic mass is 15.2. The minimum absolute atomic E-state index is 0.833. The Morgan fingerprint density at radius 3 is 2.71 bits per heavy atom. The third kappa shape index (κ3) is 2.91. The summed E-state index contributed by atoms with van der Waals surface area (Å²) in [6, 6.07) is 4.06. The number of rotatable bonds is 4. The molecule has 2 aromatic heterocycles. The molecule has 0 aliphatic rings. The van der Waals surface area contributed by atoms with E-state index in [0.717, 1.165) is 24.6 Å². The second kappa shape index (κ2) is 5.10. The van der Waals surface area contributed by atoms with E-state index in [-0.39, 0.29) is 0 Å². The van der Waals surface area contributed by atoms with Gasteiger partial charge in [-0.25, -0.2) is 4.98 Å². The third-order valence-corrected chi connectivity index (χ3v) is 2.87. The van der Waals surface area contributed by atoms with E-state index < -0.39 is 0 Å². The Hall–Kier alpha value is -1.68. The average Bonchev–Trinajstić information content (AvgIpc) is 2.68. The molecule has 0 aliphatic heterocycles. The molecule has 2 rings (SSSR count). The van der Waals surface area contributed by atoms with Crippen LogP contribution in [0.5, 0.6) is 0 Å². The van der Waals surface area contributed by atoms with Gasteiger partial charge in [-0.1, -0.05) is 6.07 Å². The fourth-order valence-corrected chi connectivity index (χ4v) is 1.79. The van der Waals surface area contributed by atoms with Gasteiger partial charge in [-0.15, -0.1) is 0 Å².